The number of aliphatic hydroxyl groups excluding tert-OH is 1. The molecular weight excluding hydrogens is 274 g/mol. The van der Waals surface area contributed by atoms with Gasteiger partial charge in [0.25, 0.3) is 0 Å². The molecule has 1 aromatic rings. The van der Waals surface area contributed by atoms with Crippen LogP contribution in [-0.4, -0.2) is 58.9 Å². The van der Waals surface area contributed by atoms with E-state index in [9.17, 15) is 5.11 Å². The van der Waals surface area contributed by atoms with Crippen LogP contribution in [0.2, 0.25) is 0 Å². The van der Waals surface area contributed by atoms with E-state index in [-0.39, 0.29) is 0 Å². The molecule has 0 aliphatic rings. The van der Waals surface area contributed by atoms with E-state index in [4.69, 9.17) is 18.9 Å². The zero-order valence-electron chi connectivity index (χ0n) is 12.9. The Morgan fingerprint density at radius 1 is 1.10 bits per heavy atom. The summed E-state index contributed by atoms with van der Waals surface area (Å²) in [5, 5.41) is 12.9. The van der Waals surface area contributed by atoms with E-state index >= 15 is 0 Å². The van der Waals surface area contributed by atoms with Crippen molar-refractivity contribution < 1.29 is 24.1 Å². The van der Waals surface area contributed by atoms with Gasteiger partial charge in [0, 0.05) is 20.2 Å². The predicted octanol–water partition coefficient (Wildman–Crippen LogP) is 0.817. The Bertz CT molecular complexity index is 400. The highest BCUT2D eigenvalue weighted by Crippen LogP contribution is 2.27. The van der Waals surface area contributed by atoms with E-state index in [0.29, 0.717) is 44.4 Å². The third-order valence-electron chi connectivity index (χ3n) is 2.90. The first-order valence-corrected chi connectivity index (χ1v) is 6.87. The predicted molar refractivity (Wildman–Crippen MR) is 80.0 cm³/mol. The molecule has 0 saturated heterocycles. The summed E-state index contributed by atoms with van der Waals surface area (Å²) in [6.07, 6.45) is -0.540. The van der Waals surface area contributed by atoms with Gasteiger partial charge in [0.15, 0.2) is 11.5 Å². The van der Waals surface area contributed by atoms with E-state index < -0.39 is 6.10 Å². The maximum Gasteiger partial charge on any atom is 0.161 e. The molecule has 1 unspecified atom stereocenters. The first-order valence-electron chi connectivity index (χ1n) is 6.87. The Labute approximate surface area is 126 Å². The molecule has 1 rings (SSSR count). The third kappa shape index (κ3) is 6.77. The zero-order chi connectivity index (χ0) is 15.5. The van der Waals surface area contributed by atoms with Crippen LogP contribution in [0.15, 0.2) is 18.2 Å². The molecule has 0 heterocycles. The van der Waals surface area contributed by atoms with Crippen molar-refractivity contribution in [3.63, 3.8) is 0 Å². The fraction of sp³-hybridized carbons (Fsp3) is 0.600. The number of rotatable bonds is 11. The van der Waals surface area contributed by atoms with Crippen molar-refractivity contribution in [2.24, 2.45) is 0 Å². The lowest BCUT2D eigenvalue weighted by Crippen LogP contribution is -2.30. The summed E-state index contributed by atoms with van der Waals surface area (Å²) < 4.78 is 20.5. The maximum absolute atomic E-state index is 9.74. The van der Waals surface area contributed by atoms with Gasteiger partial charge in [-0.05, 0) is 17.7 Å². The van der Waals surface area contributed by atoms with Crippen LogP contribution in [0.3, 0.4) is 0 Å². The van der Waals surface area contributed by atoms with Gasteiger partial charge in [0.1, 0.15) is 0 Å². The van der Waals surface area contributed by atoms with Crippen LogP contribution in [0.25, 0.3) is 0 Å². The summed E-state index contributed by atoms with van der Waals surface area (Å²) >= 11 is 0. The van der Waals surface area contributed by atoms with E-state index in [1.165, 1.54) is 0 Å². The van der Waals surface area contributed by atoms with Gasteiger partial charge in [-0.2, -0.15) is 0 Å². The van der Waals surface area contributed by atoms with Crippen molar-refractivity contribution >= 4 is 0 Å². The Morgan fingerprint density at radius 3 is 2.52 bits per heavy atom. The second-order valence-electron chi connectivity index (χ2n) is 4.54. The average Bonchev–Trinajstić information content (AvgIpc) is 2.51. The number of ether oxygens (including phenoxy) is 4. The molecule has 21 heavy (non-hydrogen) atoms. The van der Waals surface area contributed by atoms with Gasteiger partial charge in [-0.3, -0.25) is 0 Å². The molecule has 0 aliphatic heterocycles. The Morgan fingerprint density at radius 2 is 1.86 bits per heavy atom. The van der Waals surface area contributed by atoms with Gasteiger partial charge < -0.3 is 29.4 Å². The number of hydrogen-bond donors (Lipinski definition) is 2. The van der Waals surface area contributed by atoms with Crippen molar-refractivity contribution in [3.05, 3.63) is 23.8 Å². The number of nitrogens with one attached hydrogen (secondary N) is 1. The summed E-state index contributed by atoms with van der Waals surface area (Å²) in [5.41, 5.74) is 1.06. The van der Waals surface area contributed by atoms with E-state index in [1.54, 1.807) is 21.3 Å². The van der Waals surface area contributed by atoms with Gasteiger partial charge in [-0.25, -0.2) is 0 Å². The largest absolute Gasteiger partial charge is 0.493 e. The molecule has 6 nitrogen and oxygen atoms in total. The lowest BCUT2D eigenvalue weighted by Gasteiger charge is -2.13. The summed E-state index contributed by atoms with van der Waals surface area (Å²) in [4.78, 5) is 0. The number of aliphatic hydroxyl groups is 1. The Balaban J connectivity index is 2.28. The molecule has 0 aromatic heterocycles. The van der Waals surface area contributed by atoms with Gasteiger partial charge in [0.2, 0.25) is 0 Å². The van der Waals surface area contributed by atoms with Crippen LogP contribution < -0.4 is 14.8 Å². The molecule has 0 aliphatic carbocycles. The van der Waals surface area contributed by atoms with Gasteiger partial charge in [0.05, 0.1) is 40.1 Å². The quantitative estimate of drug-likeness (QED) is 0.590. The van der Waals surface area contributed by atoms with E-state index in [0.717, 1.165) is 5.56 Å². The SMILES string of the molecule is COCCOCC(O)CNCc1ccc(OC)c(OC)c1. The molecule has 0 amide bonds. The zero-order valence-corrected chi connectivity index (χ0v) is 12.9. The average molecular weight is 299 g/mol. The normalized spacial score (nSPS) is 12.2. The molecule has 0 saturated carbocycles. The standard InChI is InChI=1S/C15H25NO5/c1-18-6-7-21-11-13(17)10-16-9-12-4-5-14(19-2)15(8-12)20-3/h4-5,8,13,16-17H,6-7,9-11H2,1-3H3. The van der Waals surface area contributed by atoms with Gasteiger partial charge >= 0.3 is 0 Å². The maximum atomic E-state index is 9.74. The Kier molecular flexibility index (Phi) is 8.77. The summed E-state index contributed by atoms with van der Waals surface area (Å²) in [6, 6.07) is 5.73. The smallest absolute Gasteiger partial charge is 0.161 e. The number of hydrogen-bond acceptors (Lipinski definition) is 6. The van der Waals surface area contributed by atoms with Crippen LogP contribution >= 0.6 is 0 Å². The van der Waals surface area contributed by atoms with Gasteiger partial charge in [-0.15, -0.1) is 0 Å². The number of benzene rings is 1. The van der Waals surface area contributed by atoms with Crippen LogP contribution in [0, 0.1) is 0 Å². The molecule has 0 spiro atoms. The lowest BCUT2D eigenvalue weighted by molar-refractivity contribution is 0.0137. The van der Waals surface area contributed by atoms with Crippen LogP contribution in [0.4, 0.5) is 0 Å². The van der Waals surface area contributed by atoms with E-state index in [1.807, 2.05) is 18.2 Å². The van der Waals surface area contributed by atoms with Crippen molar-refractivity contribution in [2.45, 2.75) is 12.6 Å². The van der Waals surface area contributed by atoms with Crippen molar-refractivity contribution in [1.29, 1.82) is 0 Å². The minimum absolute atomic E-state index is 0.294. The molecule has 0 radical (unpaired) electrons. The topological polar surface area (TPSA) is 69.2 Å². The number of methoxy groups -OCH3 is 3. The molecule has 0 fully saturated rings. The fourth-order valence-electron chi connectivity index (χ4n) is 1.79. The highest BCUT2D eigenvalue weighted by molar-refractivity contribution is 5.42. The van der Waals surface area contributed by atoms with E-state index in [2.05, 4.69) is 5.32 Å². The molecule has 6 heteroatoms. The second-order valence-corrected chi connectivity index (χ2v) is 4.54. The molecule has 1 atom stereocenters. The van der Waals surface area contributed by atoms with Crippen molar-refractivity contribution in [2.75, 3.05) is 47.7 Å². The minimum Gasteiger partial charge on any atom is -0.493 e. The molecular formula is C15H25NO5. The third-order valence-corrected chi connectivity index (χ3v) is 2.90. The van der Waals surface area contributed by atoms with Crippen molar-refractivity contribution in [3.8, 4) is 11.5 Å². The van der Waals surface area contributed by atoms with Crippen LogP contribution in [-0.2, 0) is 16.0 Å². The van der Waals surface area contributed by atoms with Crippen molar-refractivity contribution in [1.82, 2.24) is 5.32 Å². The fourth-order valence-corrected chi connectivity index (χ4v) is 1.79. The molecule has 2 N–H and O–H groups in total. The summed E-state index contributed by atoms with van der Waals surface area (Å²) in [7, 11) is 4.83. The van der Waals surface area contributed by atoms with Gasteiger partial charge in [-0.1, -0.05) is 6.07 Å². The Hall–Kier alpha value is -1.34. The highest BCUT2D eigenvalue weighted by Gasteiger charge is 2.06. The second kappa shape index (κ2) is 10.4. The van der Waals surface area contributed by atoms with Crippen LogP contribution in [0.5, 0.6) is 11.5 Å². The van der Waals surface area contributed by atoms with Crippen LogP contribution in [0.1, 0.15) is 5.56 Å². The summed E-state index contributed by atoms with van der Waals surface area (Å²) in [5.74, 6) is 1.40. The molecule has 0 bridgehead atoms. The summed E-state index contributed by atoms with van der Waals surface area (Å²) in [6.45, 7) is 2.41. The minimum atomic E-state index is -0.540. The molecule has 120 valence electrons. The first kappa shape index (κ1) is 17.7. The monoisotopic (exact) mass is 299 g/mol. The first-order chi connectivity index (χ1) is 10.2. The lowest BCUT2D eigenvalue weighted by atomic mass is 10.2. The molecule has 1 aromatic carbocycles. The highest BCUT2D eigenvalue weighted by atomic mass is 16.5.